The van der Waals surface area contributed by atoms with Gasteiger partial charge in [0.25, 0.3) is 0 Å². The number of allylic oxidation sites excluding steroid dienone is 2. The highest BCUT2D eigenvalue weighted by molar-refractivity contribution is 5.14. The average Bonchev–Trinajstić information content (AvgIpc) is 2.16. The van der Waals surface area contributed by atoms with Crippen LogP contribution >= 0.6 is 0 Å². The number of hydrogen-bond donors (Lipinski definition) is 0. The lowest BCUT2D eigenvalue weighted by molar-refractivity contribution is 0.674. The lowest BCUT2D eigenvalue weighted by atomic mass is 10.1. The van der Waals surface area contributed by atoms with Crippen molar-refractivity contribution in [2.24, 2.45) is 0 Å². The summed E-state index contributed by atoms with van der Waals surface area (Å²) >= 11 is 0. The Labute approximate surface area is 83.4 Å². The van der Waals surface area contributed by atoms with Gasteiger partial charge in [-0.15, -0.1) is 0 Å². The normalized spacial score (nSPS) is 10.0. The summed E-state index contributed by atoms with van der Waals surface area (Å²) in [6, 6.07) is 0. The van der Waals surface area contributed by atoms with E-state index in [0.29, 0.717) is 0 Å². The average molecular weight is 178 g/mol. The SMILES string of the molecule is CCCC#CC=CCCCCCC. The first-order valence-corrected chi connectivity index (χ1v) is 5.55. The summed E-state index contributed by atoms with van der Waals surface area (Å²) in [4.78, 5) is 0. The van der Waals surface area contributed by atoms with Crippen LogP contribution in [0.15, 0.2) is 12.2 Å². The van der Waals surface area contributed by atoms with Crippen LogP contribution < -0.4 is 0 Å². The molecule has 0 saturated heterocycles. The maximum atomic E-state index is 3.10. The third-order valence-corrected chi connectivity index (χ3v) is 1.90. The Hall–Kier alpha value is -0.700. The van der Waals surface area contributed by atoms with Crippen molar-refractivity contribution in [3.8, 4) is 11.8 Å². The molecule has 0 fully saturated rings. The van der Waals surface area contributed by atoms with Gasteiger partial charge in [-0.3, -0.25) is 0 Å². The molecule has 0 heteroatoms. The maximum Gasteiger partial charge on any atom is 0.00896 e. The molecular formula is C13H22. The van der Waals surface area contributed by atoms with Gasteiger partial charge in [0, 0.05) is 6.42 Å². The fourth-order valence-electron chi connectivity index (χ4n) is 1.09. The van der Waals surface area contributed by atoms with E-state index in [4.69, 9.17) is 0 Å². The van der Waals surface area contributed by atoms with E-state index in [2.05, 4.69) is 31.8 Å². The first-order valence-electron chi connectivity index (χ1n) is 5.55. The molecule has 0 bridgehead atoms. The molecule has 13 heavy (non-hydrogen) atoms. The Kier molecular flexibility index (Phi) is 10.7. The third-order valence-electron chi connectivity index (χ3n) is 1.90. The number of rotatable bonds is 6. The molecular weight excluding hydrogens is 156 g/mol. The summed E-state index contributed by atoms with van der Waals surface area (Å²) in [5.74, 6) is 6.15. The van der Waals surface area contributed by atoms with E-state index < -0.39 is 0 Å². The fraction of sp³-hybridized carbons (Fsp3) is 0.692. The van der Waals surface area contributed by atoms with Crippen molar-refractivity contribution in [1.29, 1.82) is 0 Å². The van der Waals surface area contributed by atoms with Gasteiger partial charge in [-0.2, -0.15) is 0 Å². The van der Waals surface area contributed by atoms with E-state index in [0.717, 1.165) is 12.8 Å². The summed E-state index contributed by atoms with van der Waals surface area (Å²) in [7, 11) is 0. The van der Waals surface area contributed by atoms with Crippen LogP contribution in [-0.2, 0) is 0 Å². The minimum absolute atomic E-state index is 1.03. The smallest absolute Gasteiger partial charge is 0.00896 e. The molecule has 74 valence electrons. The molecule has 0 aromatic carbocycles. The van der Waals surface area contributed by atoms with Crippen LogP contribution in [0.4, 0.5) is 0 Å². The zero-order valence-corrected chi connectivity index (χ0v) is 9.10. The third kappa shape index (κ3) is 11.3. The molecule has 0 spiro atoms. The second kappa shape index (κ2) is 11.3. The molecule has 0 aliphatic carbocycles. The van der Waals surface area contributed by atoms with Crippen LogP contribution in [0.25, 0.3) is 0 Å². The van der Waals surface area contributed by atoms with Crippen LogP contribution in [-0.4, -0.2) is 0 Å². The van der Waals surface area contributed by atoms with Gasteiger partial charge in [-0.1, -0.05) is 51.0 Å². The number of unbranched alkanes of at least 4 members (excludes halogenated alkanes) is 5. The van der Waals surface area contributed by atoms with Gasteiger partial charge in [-0.25, -0.2) is 0 Å². The van der Waals surface area contributed by atoms with Crippen LogP contribution in [0.2, 0.25) is 0 Å². The molecule has 0 aliphatic rings. The van der Waals surface area contributed by atoms with E-state index in [9.17, 15) is 0 Å². The van der Waals surface area contributed by atoms with Gasteiger partial charge in [0.1, 0.15) is 0 Å². The largest absolute Gasteiger partial charge is 0.0985 e. The van der Waals surface area contributed by atoms with E-state index in [1.165, 1.54) is 32.1 Å². The van der Waals surface area contributed by atoms with E-state index in [-0.39, 0.29) is 0 Å². The lowest BCUT2D eigenvalue weighted by Crippen LogP contribution is -1.73. The molecule has 0 aliphatic heterocycles. The van der Waals surface area contributed by atoms with Crippen molar-refractivity contribution in [2.75, 3.05) is 0 Å². The van der Waals surface area contributed by atoms with Gasteiger partial charge in [0.2, 0.25) is 0 Å². The van der Waals surface area contributed by atoms with Crippen LogP contribution in [0, 0.1) is 11.8 Å². The van der Waals surface area contributed by atoms with Crippen LogP contribution in [0.1, 0.15) is 58.8 Å². The van der Waals surface area contributed by atoms with Crippen LogP contribution in [0.5, 0.6) is 0 Å². The van der Waals surface area contributed by atoms with E-state index in [1.807, 2.05) is 6.08 Å². The Bertz CT molecular complexity index is 166. The highest BCUT2D eigenvalue weighted by Gasteiger charge is 1.82. The fourth-order valence-corrected chi connectivity index (χ4v) is 1.09. The van der Waals surface area contributed by atoms with Gasteiger partial charge < -0.3 is 0 Å². The van der Waals surface area contributed by atoms with Crippen molar-refractivity contribution in [1.82, 2.24) is 0 Å². The highest BCUT2D eigenvalue weighted by Crippen LogP contribution is 2.02. The zero-order valence-electron chi connectivity index (χ0n) is 9.10. The predicted molar refractivity (Wildman–Crippen MR) is 60.6 cm³/mol. The minimum Gasteiger partial charge on any atom is -0.0985 e. The summed E-state index contributed by atoms with van der Waals surface area (Å²) in [6.07, 6.45) is 13.0. The molecule has 0 atom stereocenters. The minimum atomic E-state index is 1.03. The molecule has 0 aromatic heterocycles. The van der Waals surface area contributed by atoms with Gasteiger partial charge in [0.15, 0.2) is 0 Å². The molecule has 0 nitrogen and oxygen atoms in total. The molecule has 0 saturated carbocycles. The quantitative estimate of drug-likeness (QED) is 0.420. The molecule has 0 radical (unpaired) electrons. The summed E-state index contributed by atoms with van der Waals surface area (Å²) in [6.45, 7) is 4.40. The molecule has 0 rings (SSSR count). The monoisotopic (exact) mass is 178 g/mol. The zero-order chi connectivity index (χ0) is 9.78. The van der Waals surface area contributed by atoms with Gasteiger partial charge in [0.05, 0.1) is 0 Å². The van der Waals surface area contributed by atoms with Crippen molar-refractivity contribution < 1.29 is 0 Å². The molecule has 0 N–H and O–H groups in total. The van der Waals surface area contributed by atoms with E-state index in [1.54, 1.807) is 0 Å². The standard InChI is InChI=1S/C13H22/c1-3-5-7-9-11-13-12-10-8-6-4-2/h12-13H,3-7,9,11H2,1-2H3. The van der Waals surface area contributed by atoms with Crippen molar-refractivity contribution >= 4 is 0 Å². The highest BCUT2D eigenvalue weighted by atomic mass is 13.9. The van der Waals surface area contributed by atoms with Crippen molar-refractivity contribution in [3.05, 3.63) is 12.2 Å². The number of hydrogen-bond acceptors (Lipinski definition) is 0. The Balaban J connectivity index is 3.18. The Morgan fingerprint density at radius 3 is 2.54 bits per heavy atom. The lowest BCUT2D eigenvalue weighted by Gasteiger charge is -1.92. The second-order valence-electron chi connectivity index (χ2n) is 3.32. The van der Waals surface area contributed by atoms with Crippen molar-refractivity contribution in [3.63, 3.8) is 0 Å². The first-order chi connectivity index (χ1) is 6.41. The summed E-state index contributed by atoms with van der Waals surface area (Å²) in [5.41, 5.74) is 0. The maximum absolute atomic E-state index is 3.10. The molecule has 0 aromatic rings. The van der Waals surface area contributed by atoms with Crippen molar-refractivity contribution in [2.45, 2.75) is 58.8 Å². The molecule has 0 heterocycles. The Morgan fingerprint density at radius 1 is 1.00 bits per heavy atom. The van der Waals surface area contributed by atoms with Gasteiger partial charge >= 0.3 is 0 Å². The topological polar surface area (TPSA) is 0 Å². The Morgan fingerprint density at radius 2 is 1.85 bits per heavy atom. The molecule has 0 amide bonds. The second-order valence-corrected chi connectivity index (χ2v) is 3.32. The first kappa shape index (κ1) is 12.3. The summed E-state index contributed by atoms with van der Waals surface area (Å²) in [5, 5.41) is 0. The predicted octanol–water partition coefficient (Wildman–Crippen LogP) is 4.32. The van der Waals surface area contributed by atoms with Crippen LogP contribution in [0.3, 0.4) is 0 Å². The van der Waals surface area contributed by atoms with Gasteiger partial charge in [-0.05, 0) is 25.3 Å². The summed E-state index contributed by atoms with van der Waals surface area (Å²) < 4.78 is 0. The van der Waals surface area contributed by atoms with E-state index >= 15 is 0 Å². The molecule has 0 unspecified atom stereocenters.